The van der Waals surface area contributed by atoms with Gasteiger partial charge in [-0.2, -0.15) is 0 Å². The first-order chi connectivity index (χ1) is 14.3. The number of hydrogen-bond acceptors (Lipinski definition) is 2. The summed E-state index contributed by atoms with van der Waals surface area (Å²) >= 11 is 0. The van der Waals surface area contributed by atoms with E-state index < -0.39 is 0 Å². The second-order valence-electron chi connectivity index (χ2n) is 11.2. The predicted octanol–water partition coefficient (Wildman–Crippen LogP) is 5.75. The van der Waals surface area contributed by atoms with Gasteiger partial charge in [0.15, 0.2) is 0 Å². The normalized spacial score (nSPS) is 34.9. The van der Waals surface area contributed by atoms with Crippen molar-refractivity contribution < 1.29 is 13.9 Å². The van der Waals surface area contributed by atoms with Crippen LogP contribution in [0.1, 0.15) is 72.1 Å². The quantitative estimate of drug-likeness (QED) is 0.269. The van der Waals surface area contributed by atoms with E-state index in [1.54, 1.807) is 0 Å². The van der Waals surface area contributed by atoms with Gasteiger partial charge in [0.2, 0.25) is 6.41 Å². The number of amides is 1. The zero-order chi connectivity index (χ0) is 21.4. The highest BCUT2D eigenvalue weighted by atomic mass is 31.1. The van der Waals surface area contributed by atoms with E-state index in [1.807, 2.05) is 0 Å². The first kappa shape index (κ1) is 22.5. The van der Waals surface area contributed by atoms with Crippen molar-refractivity contribution in [3.05, 3.63) is 23.0 Å². The highest BCUT2D eigenvalue weighted by Crippen LogP contribution is 2.53. The molecule has 4 rings (SSSR count). The summed E-state index contributed by atoms with van der Waals surface area (Å²) in [5, 5.41) is 2.72. The molecule has 5 heteroatoms. The van der Waals surface area contributed by atoms with Crippen molar-refractivity contribution >= 4 is 15.0 Å². The molecule has 1 N–H and O–H groups in total. The number of hydrogen-bond donors (Lipinski definition) is 1. The van der Waals surface area contributed by atoms with Crippen molar-refractivity contribution in [1.29, 1.82) is 0 Å². The van der Waals surface area contributed by atoms with Gasteiger partial charge in [-0.15, -0.1) is 8.58 Å². The van der Waals surface area contributed by atoms with Crippen molar-refractivity contribution in [1.82, 2.24) is 5.32 Å². The molecule has 0 aromatic heterocycles. The van der Waals surface area contributed by atoms with E-state index in [9.17, 15) is 4.79 Å². The van der Waals surface area contributed by atoms with Crippen LogP contribution in [-0.2, 0) is 9.53 Å². The molecule has 2 saturated carbocycles. The van der Waals surface area contributed by atoms with E-state index >= 15 is 4.39 Å². The van der Waals surface area contributed by atoms with Gasteiger partial charge < -0.3 is 10.1 Å². The lowest BCUT2D eigenvalue weighted by molar-refractivity contribution is -0.109. The molecule has 1 heterocycles. The highest BCUT2D eigenvalue weighted by molar-refractivity contribution is 7.39. The minimum absolute atomic E-state index is 0.00750. The van der Waals surface area contributed by atoms with E-state index in [-0.39, 0.29) is 22.8 Å². The van der Waals surface area contributed by atoms with Crippen LogP contribution in [0.2, 0.25) is 0 Å². The average molecular weight is 436 g/mol. The second-order valence-corrected chi connectivity index (χ2v) is 12.9. The number of nitrogens with one attached hydrogen (secondary N) is 1. The molecule has 1 amide bonds. The highest BCUT2D eigenvalue weighted by Gasteiger charge is 2.43. The summed E-state index contributed by atoms with van der Waals surface area (Å²) in [6.07, 6.45) is 12.8. The van der Waals surface area contributed by atoms with Crippen molar-refractivity contribution in [3.8, 4) is 0 Å². The minimum atomic E-state index is -0.227. The van der Waals surface area contributed by atoms with E-state index in [4.69, 9.17) is 4.74 Å². The predicted molar refractivity (Wildman–Crippen MR) is 123 cm³/mol. The molecule has 168 valence electrons. The Bertz CT molecular complexity index is 700. The van der Waals surface area contributed by atoms with Crippen LogP contribution >= 0.6 is 8.58 Å². The van der Waals surface area contributed by atoms with Gasteiger partial charge in [0.05, 0.1) is 12.7 Å². The lowest BCUT2D eigenvalue weighted by atomic mass is 9.72. The summed E-state index contributed by atoms with van der Waals surface area (Å²) in [6.45, 7) is 8.09. The number of ether oxygens (including phenoxy) is 1. The van der Waals surface area contributed by atoms with Crippen LogP contribution in [0, 0.1) is 22.7 Å². The number of halogens is 1. The Morgan fingerprint density at radius 2 is 2.17 bits per heavy atom. The van der Waals surface area contributed by atoms with Gasteiger partial charge in [-0.1, -0.05) is 26.8 Å². The van der Waals surface area contributed by atoms with Gasteiger partial charge in [0.1, 0.15) is 5.83 Å². The van der Waals surface area contributed by atoms with Crippen molar-refractivity contribution in [3.63, 3.8) is 0 Å². The lowest BCUT2D eigenvalue weighted by Crippen LogP contribution is -2.35. The molecular formula is C25H39FNO2P. The number of fused-ring (bicyclic) bond motifs is 2. The third kappa shape index (κ3) is 5.18. The molecule has 0 aromatic rings. The topological polar surface area (TPSA) is 38.3 Å². The molecule has 5 unspecified atom stereocenters. The number of allylic oxidation sites excluding steroid dienone is 2. The maximum absolute atomic E-state index is 15.3. The van der Waals surface area contributed by atoms with E-state index in [0.29, 0.717) is 18.9 Å². The van der Waals surface area contributed by atoms with Crippen LogP contribution in [-0.4, -0.2) is 37.5 Å². The Morgan fingerprint density at radius 3 is 2.87 bits per heavy atom. The second kappa shape index (κ2) is 9.02. The molecule has 0 spiro atoms. The number of carbonyl (C=O) groups is 1. The first-order valence-electron chi connectivity index (χ1n) is 11.9. The van der Waals surface area contributed by atoms with Crippen LogP contribution in [0.5, 0.6) is 0 Å². The van der Waals surface area contributed by atoms with Gasteiger partial charge in [0.25, 0.3) is 0 Å². The Hall–Kier alpha value is -0.730. The maximum Gasteiger partial charge on any atom is 0.207 e. The summed E-state index contributed by atoms with van der Waals surface area (Å²) in [7, 11) is 1.15. The zero-order valence-corrected chi connectivity index (χ0v) is 19.9. The molecule has 30 heavy (non-hydrogen) atoms. The molecular weight excluding hydrogens is 396 g/mol. The summed E-state index contributed by atoms with van der Waals surface area (Å²) in [6, 6.07) is 0. The van der Waals surface area contributed by atoms with Crippen molar-refractivity contribution in [2.24, 2.45) is 22.7 Å². The maximum atomic E-state index is 15.3. The number of rotatable bonds is 10. The average Bonchev–Trinajstić information content (AvgIpc) is 3.47. The molecule has 4 aliphatic rings. The molecule has 0 radical (unpaired) electrons. The molecule has 0 aromatic carbocycles. The van der Waals surface area contributed by atoms with Crippen LogP contribution in [0.4, 0.5) is 4.39 Å². The molecule has 3 aliphatic carbocycles. The molecule has 2 bridgehead atoms. The molecule has 1 aliphatic heterocycles. The Morgan fingerprint density at radius 1 is 1.37 bits per heavy atom. The monoisotopic (exact) mass is 435 g/mol. The van der Waals surface area contributed by atoms with Gasteiger partial charge in [-0.25, -0.2) is 4.39 Å². The standard InChI is InChI=1S/C25H39FNO2P/c1-24(2,7-4-8-27-16-28)21-10-20(18-5-6-18)23(11-22(21)26)29-15-25(3)12-17-9-19(13-25)30-14-17/h10,16-19,23,30H,4-9,11-15H2,1-3H3,(H,27,28). The molecule has 5 atom stereocenters. The fourth-order valence-corrected chi connectivity index (χ4v) is 8.19. The van der Waals surface area contributed by atoms with Crippen LogP contribution in [0.25, 0.3) is 0 Å². The zero-order valence-electron chi connectivity index (χ0n) is 18.9. The van der Waals surface area contributed by atoms with Gasteiger partial charge in [-0.3, -0.25) is 4.79 Å². The van der Waals surface area contributed by atoms with Crippen LogP contribution in [0.3, 0.4) is 0 Å². The molecule has 1 saturated heterocycles. The van der Waals surface area contributed by atoms with Crippen LogP contribution < -0.4 is 5.32 Å². The summed E-state index contributed by atoms with van der Waals surface area (Å²) in [5.41, 5.74) is 3.17. The van der Waals surface area contributed by atoms with Gasteiger partial charge in [0, 0.05) is 13.0 Å². The Balaban J connectivity index is 1.41. The van der Waals surface area contributed by atoms with Crippen molar-refractivity contribution in [2.45, 2.75) is 83.9 Å². The molecule has 3 nitrogen and oxygen atoms in total. The minimum Gasteiger partial charge on any atom is -0.373 e. The first-order valence-corrected chi connectivity index (χ1v) is 13.2. The number of carbonyl (C=O) groups excluding carboxylic acids is 1. The Kier molecular flexibility index (Phi) is 6.76. The Labute approximate surface area is 183 Å². The largest absolute Gasteiger partial charge is 0.373 e. The summed E-state index contributed by atoms with van der Waals surface area (Å²) in [4.78, 5) is 10.5. The summed E-state index contributed by atoms with van der Waals surface area (Å²) in [5.74, 6) is 1.49. The third-order valence-electron chi connectivity index (χ3n) is 7.79. The van der Waals surface area contributed by atoms with Crippen molar-refractivity contribution in [2.75, 3.05) is 19.3 Å². The van der Waals surface area contributed by atoms with E-state index in [0.717, 1.165) is 51.6 Å². The lowest BCUT2D eigenvalue weighted by Gasteiger charge is -2.39. The van der Waals surface area contributed by atoms with E-state index in [2.05, 4.69) is 32.2 Å². The van der Waals surface area contributed by atoms with Crippen LogP contribution in [0.15, 0.2) is 23.0 Å². The third-order valence-corrected chi connectivity index (χ3v) is 9.62. The SMILES string of the molecule is CC1(COC2CC(F)=C(C(C)(C)CCCNC=O)C=C2C2CC2)CC2CPC(C2)C1. The van der Waals surface area contributed by atoms with Gasteiger partial charge in [-0.05, 0) is 90.6 Å². The summed E-state index contributed by atoms with van der Waals surface area (Å²) < 4.78 is 21.8. The van der Waals surface area contributed by atoms with Gasteiger partial charge >= 0.3 is 0 Å². The fraction of sp³-hybridized carbons (Fsp3) is 0.800. The molecule has 3 fully saturated rings. The smallest absolute Gasteiger partial charge is 0.207 e. The fourth-order valence-electron chi connectivity index (χ4n) is 6.08. The van der Waals surface area contributed by atoms with E-state index in [1.165, 1.54) is 43.8 Å².